The van der Waals surface area contributed by atoms with Gasteiger partial charge in [0.25, 0.3) is 0 Å². The lowest BCUT2D eigenvalue weighted by Gasteiger charge is -2.31. The van der Waals surface area contributed by atoms with Crippen LogP contribution in [0.4, 0.5) is 5.69 Å². The van der Waals surface area contributed by atoms with Crippen molar-refractivity contribution in [2.24, 2.45) is 0 Å². The fourth-order valence-corrected chi connectivity index (χ4v) is 4.53. The van der Waals surface area contributed by atoms with Gasteiger partial charge in [-0.2, -0.15) is 4.57 Å². The Balaban J connectivity index is 1.86. The number of benzene rings is 2. The van der Waals surface area contributed by atoms with Gasteiger partial charge in [0, 0.05) is 41.0 Å². The highest BCUT2D eigenvalue weighted by atomic mass is 15.1. The van der Waals surface area contributed by atoms with Gasteiger partial charge in [-0.1, -0.05) is 36.4 Å². The fraction of sp³-hybridized carbons (Fsp3) is 0.250. The predicted molar refractivity (Wildman–Crippen MR) is 129 cm³/mol. The number of pyridine rings is 1. The maximum Gasteiger partial charge on any atom is 0.212 e. The Morgan fingerprint density at radius 1 is 0.833 bits per heavy atom. The normalized spacial score (nSPS) is 15.8. The van der Waals surface area contributed by atoms with Crippen LogP contribution in [0.3, 0.4) is 0 Å². The molecular weight excluding hydrogens is 364 g/mol. The quantitative estimate of drug-likeness (QED) is 0.442. The Labute approximate surface area is 180 Å². The van der Waals surface area contributed by atoms with Crippen molar-refractivity contribution in [1.29, 1.82) is 0 Å². The van der Waals surface area contributed by atoms with Crippen LogP contribution >= 0.6 is 0 Å². The van der Waals surface area contributed by atoms with E-state index in [9.17, 15) is 0 Å². The van der Waals surface area contributed by atoms with E-state index in [-0.39, 0.29) is 0 Å². The summed E-state index contributed by atoms with van der Waals surface area (Å²) in [5.41, 5.74) is 10.4. The smallest absolute Gasteiger partial charge is 0.212 e. The summed E-state index contributed by atoms with van der Waals surface area (Å²) in [6.07, 6.45) is 4.51. The summed E-state index contributed by atoms with van der Waals surface area (Å²) in [5, 5.41) is 1.28. The summed E-state index contributed by atoms with van der Waals surface area (Å²) in [6, 6.07) is 21.8. The van der Waals surface area contributed by atoms with Crippen LogP contribution in [0.1, 0.15) is 45.9 Å². The highest BCUT2D eigenvalue weighted by Crippen LogP contribution is 2.34. The molecule has 0 unspecified atom stereocenters. The van der Waals surface area contributed by atoms with Crippen LogP contribution in [-0.2, 0) is 6.54 Å². The summed E-state index contributed by atoms with van der Waals surface area (Å²) in [5.74, 6) is 0. The molecule has 2 heterocycles. The number of allylic oxidation sites excluding steroid dienone is 4. The Kier molecular flexibility index (Phi) is 5.59. The van der Waals surface area contributed by atoms with Crippen molar-refractivity contribution in [3.05, 3.63) is 94.8 Å². The van der Waals surface area contributed by atoms with E-state index in [2.05, 4.69) is 117 Å². The number of para-hydroxylation sites is 2. The van der Waals surface area contributed by atoms with E-state index in [4.69, 9.17) is 0 Å². The minimum Gasteiger partial charge on any atom is -0.341 e. The topological polar surface area (TPSA) is 7.12 Å². The molecule has 0 saturated heterocycles. The summed E-state index contributed by atoms with van der Waals surface area (Å²) in [4.78, 5) is 2.43. The first-order chi connectivity index (χ1) is 14.6. The molecule has 0 spiro atoms. The summed E-state index contributed by atoms with van der Waals surface area (Å²) >= 11 is 0. The summed E-state index contributed by atoms with van der Waals surface area (Å²) in [7, 11) is 0. The number of rotatable bonds is 4. The Morgan fingerprint density at radius 2 is 1.57 bits per heavy atom. The third kappa shape index (κ3) is 3.37. The highest BCUT2D eigenvalue weighted by Gasteiger charge is 2.21. The van der Waals surface area contributed by atoms with Crippen molar-refractivity contribution in [3.8, 4) is 0 Å². The molecule has 30 heavy (non-hydrogen) atoms. The van der Waals surface area contributed by atoms with Crippen molar-refractivity contribution >= 4 is 28.2 Å². The number of fused-ring (bicyclic) bond motifs is 2. The Morgan fingerprint density at radius 3 is 2.33 bits per heavy atom. The minimum absolute atomic E-state index is 0.950. The number of aryl methyl sites for hydroxylation is 1. The molecule has 0 bridgehead atoms. The van der Waals surface area contributed by atoms with Gasteiger partial charge >= 0.3 is 0 Å². The van der Waals surface area contributed by atoms with E-state index in [1.54, 1.807) is 0 Å². The lowest BCUT2D eigenvalue weighted by molar-refractivity contribution is -0.670. The summed E-state index contributed by atoms with van der Waals surface area (Å²) < 4.78 is 2.43. The zero-order valence-corrected chi connectivity index (χ0v) is 18.7. The van der Waals surface area contributed by atoms with E-state index in [0.717, 1.165) is 13.1 Å². The van der Waals surface area contributed by atoms with E-state index < -0.39 is 0 Å². The molecular formula is C28H31N2+. The van der Waals surface area contributed by atoms with Gasteiger partial charge < -0.3 is 4.90 Å². The molecule has 152 valence electrons. The number of hydrogen-bond acceptors (Lipinski definition) is 1. The number of aromatic nitrogens is 1. The zero-order valence-electron chi connectivity index (χ0n) is 18.7. The van der Waals surface area contributed by atoms with Crippen molar-refractivity contribution in [2.45, 2.75) is 41.2 Å². The molecule has 0 N–H and O–H groups in total. The molecule has 4 rings (SSSR count). The Hall–Kier alpha value is -3.13. The van der Waals surface area contributed by atoms with Gasteiger partial charge in [0.15, 0.2) is 0 Å². The average molecular weight is 396 g/mol. The molecule has 1 aromatic heterocycles. The van der Waals surface area contributed by atoms with E-state index in [0.29, 0.717) is 0 Å². The summed E-state index contributed by atoms with van der Waals surface area (Å²) in [6.45, 7) is 13.1. The second kappa shape index (κ2) is 8.31. The highest BCUT2D eigenvalue weighted by molar-refractivity contribution is 5.80. The predicted octanol–water partition coefficient (Wildman–Crippen LogP) is 6.77. The Bertz CT molecular complexity index is 1190. The van der Waals surface area contributed by atoms with Gasteiger partial charge in [0.2, 0.25) is 11.2 Å². The largest absolute Gasteiger partial charge is 0.341 e. The van der Waals surface area contributed by atoms with Crippen LogP contribution in [-0.4, -0.2) is 6.54 Å². The number of likely N-dealkylation sites (N-methyl/N-ethyl adjacent to an activating group) is 1. The van der Waals surface area contributed by atoms with Gasteiger partial charge in [-0.25, -0.2) is 0 Å². The molecule has 1 aliphatic rings. The zero-order chi connectivity index (χ0) is 21.3. The molecule has 0 radical (unpaired) electrons. The second-order valence-electron chi connectivity index (χ2n) is 7.92. The first-order valence-corrected chi connectivity index (χ1v) is 10.9. The van der Waals surface area contributed by atoms with Gasteiger partial charge in [-0.15, -0.1) is 0 Å². The van der Waals surface area contributed by atoms with Crippen LogP contribution < -0.4 is 9.47 Å². The fourth-order valence-electron chi connectivity index (χ4n) is 4.53. The number of anilines is 1. The van der Waals surface area contributed by atoms with Gasteiger partial charge in [0.05, 0.1) is 0 Å². The first-order valence-electron chi connectivity index (χ1n) is 10.9. The van der Waals surface area contributed by atoms with Gasteiger partial charge in [-0.3, -0.25) is 0 Å². The van der Waals surface area contributed by atoms with Crippen molar-refractivity contribution < 1.29 is 4.57 Å². The molecule has 0 aliphatic carbocycles. The molecule has 1 aliphatic heterocycles. The minimum atomic E-state index is 0.950. The van der Waals surface area contributed by atoms with E-state index >= 15 is 0 Å². The monoisotopic (exact) mass is 395 g/mol. The van der Waals surface area contributed by atoms with Crippen molar-refractivity contribution in [1.82, 2.24) is 0 Å². The van der Waals surface area contributed by atoms with Crippen LogP contribution in [0.15, 0.2) is 83.6 Å². The lowest BCUT2D eigenvalue weighted by Crippen LogP contribution is -2.37. The molecule has 0 atom stereocenters. The molecule has 2 heteroatoms. The molecule has 2 nitrogen and oxygen atoms in total. The molecule has 0 fully saturated rings. The second-order valence-corrected chi connectivity index (χ2v) is 7.92. The van der Waals surface area contributed by atoms with Crippen LogP contribution in [0.2, 0.25) is 0 Å². The van der Waals surface area contributed by atoms with Crippen molar-refractivity contribution in [2.75, 3.05) is 11.4 Å². The van der Waals surface area contributed by atoms with Crippen LogP contribution in [0.25, 0.3) is 22.6 Å². The standard InChI is InChI=1S/C28H31N2/c1-6-29-25(18-16-23-12-8-10-14-27(23)29)21(4)20(3)22(5)26-19-17-24-13-9-11-15-28(24)30(26)7-2/h8-19H,6-7H2,1-5H3/q+1. The molecule has 2 aromatic carbocycles. The van der Waals surface area contributed by atoms with Crippen LogP contribution in [0.5, 0.6) is 0 Å². The van der Waals surface area contributed by atoms with Gasteiger partial charge in [-0.05, 0) is 75.6 Å². The van der Waals surface area contributed by atoms with Crippen LogP contribution in [0, 0.1) is 0 Å². The molecule has 3 aromatic rings. The molecule has 0 saturated carbocycles. The maximum absolute atomic E-state index is 2.43. The molecule has 0 amide bonds. The number of hydrogen-bond donors (Lipinski definition) is 0. The third-order valence-electron chi connectivity index (χ3n) is 6.40. The van der Waals surface area contributed by atoms with Crippen molar-refractivity contribution in [3.63, 3.8) is 0 Å². The number of nitrogens with zero attached hydrogens (tertiary/aromatic N) is 2. The van der Waals surface area contributed by atoms with E-state index in [1.165, 1.54) is 50.3 Å². The maximum atomic E-state index is 2.43. The average Bonchev–Trinajstić information content (AvgIpc) is 2.80. The SMILES string of the molecule is CCN1/C(=C(C)/C(C)=C(\C)c2ccc3ccccc3[n+]2CC)C=Cc2ccccc21. The van der Waals surface area contributed by atoms with Gasteiger partial charge in [0.1, 0.15) is 6.54 Å². The third-order valence-corrected chi connectivity index (χ3v) is 6.40. The lowest BCUT2D eigenvalue weighted by atomic mass is 9.95. The van der Waals surface area contributed by atoms with E-state index in [1.807, 2.05) is 0 Å². The first kappa shape index (κ1) is 20.2.